The molecule has 0 unspecified atom stereocenters. The lowest BCUT2D eigenvalue weighted by Crippen LogP contribution is -2.38. The highest BCUT2D eigenvalue weighted by atomic mass is 79.9. The van der Waals surface area contributed by atoms with Crippen molar-refractivity contribution >= 4 is 44.4 Å². The Hall–Kier alpha value is -2.02. The van der Waals surface area contributed by atoms with Crippen LogP contribution in [0.25, 0.3) is 10.9 Å². The molecule has 0 aliphatic carbocycles. The number of nitrogen functional groups attached to an aromatic ring is 1. The third-order valence-electron chi connectivity index (χ3n) is 3.05. The molecule has 7 heteroatoms. The van der Waals surface area contributed by atoms with Crippen molar-refractivity contribution in [2.75, 3.05) is 30.7 Å². The van der Waals surface area contributed by atoms with Crippen LogP contribution in [0, 0.1) is 0 Å². The van der Waals surface area contributed by atoms with E-state index in [4.69, 9.17) is 5.73 Å². The van der Waals surface area contributed by atoms with E-state index in [1.807, 2.05) is 31.2 Å². The summed E-state index contributed by atoms with van der Waals surface area (Å²) in [6, 6.07) is 7.59. The van der Waals surface area contributed by atoms with Gasteiger partial charge in [-0.15, -0.1) is 0 Å². The minimum atomic E-state index is -0.160. The number of urea groups is 1. The van der Waals surface area contributed by atoms with E-state index in [-0.39, 0.29) is 6.03 Å². The van der Waals surface area contributed by atoms with E-state index in [9.17, 15) is 4.79 Å². The smallest absolute Gasteiger partial charge is 0.314 e. The quantitative estimate of drug-likeness (QED) is 0.592. The molecule has 0 fully saturated rings. The fourth-order valence-electron chi connectivity index (χ4n) is 1.96. The van der Waals surface area contributed by atoms with Gasteiger partial charge in [-0.1, -0.05) is 28.9 Å². The molecule has 0 spiro atoms. The Kier molecular flexibility index (Phi) is 5.83. The van der Waals surface area contributed by atoms with Crippen LogP contribution in [0.3, 0.4) is 0 Å². The van der Waals surface area contributed by atoms with Gasteiger partial charge in [0.25, 0.3) is 0 Å². The number of pyridine rings is 1. The number of nitrogens with two attached hydrogens (primary N) is 1. The molecule has 118 valence electrons. The molecule has 2 rings (SSSR count). The Morgan fingerprint density at radius 2 is 2.00 bits per heavy atom. The van der Waals surface area contributed by atoms with Crippen molar-refractivity contribution < 1.29 is 4.79 Å². The summed E-state index contributed by atoms with van der Waals surface area (Å²) in [5, 5.41) is 9.65. The van der Waals surface area contributed by atoms with E-state index in [0.717, 1.165) is 21.8 Å². The van der Waals surface area contributed by atoms with Gasteiger partial charge in [-0.25, -0.2) is 9.78 Å². The average molecular weight is 366 g/mol. The summed E-state index contributed by atoms with van der Waals surface area (Å²) < 4.78 is 0.970. The molecule has 1 aromatic heterocycles. The lowest BCUT2D eigenvalue weighted by Gasteiger charge is -2.11. The van der Waals surface area contributed by atoms with Crippen LogP contribution in [-0.4, -0.2) is 30.6 Å². The van der Waals surface area contributed by atoms with E-state index in [0.29, 0.717) is 31.1 Å². The molecule has 2 amide bonds. The van der Waals surface area contributed by atoms with Gasteiger partial charge in [0.2, 0.25) is 0 Å². The maximum atomic E-state index is 11.4. The molecule has 0 bridgehead atoms. The van der Waals surface area contributed by atoms with E-state index < -0.39 is 0 Å². The van der Waals surface area contributed by atoms with Crippen LogP contribution < -0.4 is 21.7 Å². The first kappa shape index (κ1) is 16.4. The van der Waals surface area contributed by atoms with Crippen molar-refractivity contribution in [3.8, 4) is 0 Å². The van der Waals surface area contributed by atoms with Crippen molar-refractivity contribution in [2.24, 2.45) is 0 Å². The maximum absolute atomic E-state index is 11.4. The predicted octanol–water partition coefficient (Wildman–Crippen LogP) is 2.70. The van der Waals surface area contributed by atoms with Crippen LogP contribution >= 0.6 is 15.9 Å². The lowest BCUT2D eigenvalue weighted by molar-refractivity contribution is 0.241. The van der Waals surface area contributed by atoms with E-state index >= 15 is 0 Å². The average Bonchev–Trinajstić information content (AvgIpc) is 2.50. The number of halogens is 1. The fraction of sp³-hybridized carbons (Fsp3) is 0.333. The molecule has 0 aliphatic heterocycles. The Morgan fingerprint density at radius 3 is 2.77 bits per heavy atom. The van der Waals surface area contributed by atoms with E-state index in [1.54, 1.807) is 0 Å². The molecule has 22 heavy (non-hydrogen) atoms. The molecule has 1 aromatic carbocycles. The topological polar surface area (TPSA) is 92.1 Å². The number of benzene rings is 1. The molecule has 2 aromatic rings. The van der Waals surface area contributed by atoms with Crippen molar-refractivity contribution in [2.45, 2.75) is 13.3 Å². The fourth-order valence-corrected chi connectivity index (χ4v) is 2.31. The normalized spacial score (nSPS) is 10.5. The highest BCUT2D eigenvalue weighted by Crippen LogP contribution is 2.24. The van der Waals surface area contributed by atoms with E-state index in [1.165, 1.54) is 0 Å². The van der Waals surface area contributed by atoms with E-state index in [2.05, 4.69) is 36.9 Å². The Balaban J connectivity index is 1.91. The first-order valence-corrected chi connectivity index (χ1v) is 8.01. The molecule has 5 N–H and O–H groups in total. The molecule has 0 radical (unpaired) electrons. The number of aromatic nitrogens is 1. The molecule has 1 heterocycles. The van der Waals surface area contributed by atoms with Gasteiger partial charge in [0.15, 0.2) is 0 Å². The lowest BCUT2D eigenvalue weighted by atomic mass is 10.2. The minimum Gasteiger partial charge on any atom is -0.396 e. The van der Waals surface area contributed by atoms with Crippen LogP contribution in [0.4, 0.5) is 16.3 Å². The monoisotopic (exact) mass is 365 g/mol. The van der Waals surface area contributed by atoms with Gasteiger partial charge in [-0.3, -0.25) is 0 Å². The summed E-state index contributed by atoms with van der Waals surface area (Å²) in [7, 11) is 0. The van der Waals surface area contributed by atoms with Crippen molar-refractivity contribution in [1.29, 1.82) is 0 Å². The van der Waals surface area contributed by atoms with Crippen LogP contribution in [-0.2, 0) is 0 Å². The SMILES string of the molecule is CCCNC(=O)NCCNc1nc2cc(Br)ccc2cc1N. The van der Waals surface area contributed by atoms with Crippen molar-refractivity contribution in [3.63, 3.8) is 0 Å². The molecule has 0 saturated heterocycles. The number of nitrogens with zero attached hydrogens (tertiary/aromatic N) is 1. The number of anilines is 2. The second-order valence-corrected chi connectivity index (χ2v) is 5.79. The number of fused-ring (bicyclic) bond motifs is 1. The summed E-state index contributed by atoms with van der Waals surface area (Å²) >= 11 is 3.43. The highest BCUT2D eigenvalue weighted by Gasteiger charge is 2.05. The van der Waals surface area contributed by atoms with Gasteiger partial charge >= 0.3 is 6.03 Å². The van der Waals surface area contributed by atoms with Crippen molar-refractivity contribution in [3.05, 3.63) is 28.7 Å². The first-order valence-electron chi connectivity index (χ1n) is 7.21. The van der Waals surface area contributed by atoms with Crippen LogP contribution in [0.15, 0.2) is 28.7 Å². The second-order valence-electron chi connectivity index (χ2n) is 4.87. The molecule has 0 aliphatic rings. The number of hydrogen-bond acceptors (Lipinski definition) is 4. The third kappa shape index (κ3) is 4.49. The minimum absolute atomic E-state index is 0.160. The second kappa shape index (κ2) is 7.84. The summed E-state index contributed by atoms with van der Waals surface area (Å²) in [6.07, 6.45) is 0.915. The van der Waals surface area contributed by atoms with Crippen LogP contribution in [0.1, 0.15) is 13.3 Å². The molecule has 6 nitrogen and oxygen atoms in total. The molecule has 0 saturated carbocycles. The zero-order chi connectivity index (χ0) is 15.9. The van der Waals surface area contributed by atoms with Gasteiger partial charge in [0.1, 0.15) is 5.82 Å². The number of carbonyl (C=O) groups excluding carboxylic acids is 1. The van der Waals surface area contributed by atoms with Gasteiger partial charge < -0.3 is 21.7 Å². The first-order chi connectivity index (χ1) is 10.6. The number of hydrogen-bond donors (Lipinski definition) is 4. The van der Waals surface area contributed by atoms with Gasteiger partial charge in [-0.2, -0.15) is 0 Å². The molecular weight excluding hydrogens is 346 g/mol. The van der Waals surface area contributed by atoms with Crippen LogP contribution in [0.2, 0.25) is 0 Å². The maximum Gasteiger partial charge on any atom is 0.314 e. The number of nitrogens with one attached hydrogen (secondary N) is 3. The summed E-state index contributed by atoms with van der Waals surface area (Å²) in [4.78, 5) is 15.9. The Morgan fingerprint density at radius 1 is 1.23 bits per heavy atom. The van der Waals surface area contributed by atoms with Gasteiger partial charge in [0.05, 0.1) is 11.2 Å². The number of carbonyl (C=O) groups is 1. The molecule has 0 atom stereocenters. The zero-order valence-electron chi connectivity index (χ0n) is 12.4. The Bertz CT molecular complexity index is 662. The zero-order valence-corrected chi connectivity index (χ0v) is 14.0. The highest BCUT2D eigenvalue weighted by molar-refractivity contribution is 9.10. The van der Waals surface area contributed by atoms with Crippen molar-refractivity contribution in [1.82, 2.24) is 15.6 Å². The predicted molar refractivity (Wildman–Crippen MR) is 94.0 cm³/mol. The summed E-state index contributed by atoms with van der Waals surface area (Å²) in [5.74, 6) is 0.626. The number of amides is 2. The number of rotatable bonds is 6. The third-order valence-corrected chi connectivity index (χ3v) is 3.54. The Labute approximate surface area is 138 Å². The standard InChI is InChI=1S/C15H20BrN5O/c1-2-5-19-15(22)20-7-6-18-14-12(17)8-10-3-4-11(16)9-13(10)21-14/h3-4,8-9H,2,5-7,17H2,1H3,(H,18,21)(H2,19,20,22). The summed E-state index contributed by atoms with van der Waals surface area (Å²) in [5.41, 5.74) is 7.45. The van der Waals surface area contributed by atoms with Gasteiger partial charge in [0, 0.05) is 29.5 Å². The van der Waals surface area contributed by atoms with Gasteiger partial charge in [-0.05, 0) is 24.6 Å². The van der Waals surface area contributed by atoms with Crippen LogP contribution in [0.5, 0.6) is 0 Å². The largest absolute Gasteiger partial charge is 0.396 e. The molecular formula is C15H20BrN5O. The summed E-state index contributed by atoms with van der Waals surface area (Å²) in [6.45, 7) is 3.73.